The Hall–Kier alpha value is -1.55. The average molecular weight is 234 g/mol. The van der Waals surface area contributed by atoms with E-state index in [9.17, 15) is 9.90 Å². The van der Waals surface area contributed by atoms with Crippen molar-refractivity contribution in [3.63, 3.8) is 0 Å². The van der Waals surface area contributed by atoms with Crippen LogP contribution in [-0.4, -0.2) is 30.6 Å². The maximum Gasteiger partial charge on any atom is 0.255 e. The SMILES string of the molecule is Cc1cccc(C(=O)NCC2CCNC2)c1O. The van der Waals surface area contributed by atoms with E-state index in [0.717, 1.165) is 25.1 Å². The number of nitrogens with one attached hydrogen (secondary N) is 2. The van der Waals surface area contributed by atoms with Gasteiger partial charge in [-0.1, -0.05) is 12.1 Å². The van der Waals surface area contributed by atoms with Crippen LogP contribution < -0.4 is 10.6 Å². The Kier molecular flexibility index (Phi) is 3.64. The molecular formula is C13H18N2O2. The van der Waals surface area contributed by atoms with E-state index in [1.54, 1.807) is 25.1 Å². The summed E-state index contributed by atoms with van der Waals surface area (Å²) in [7, 11) is 0. The molecule has 0 radical (unpaired) electrons. The molecule has 0 aliphatic carbocycles. The molecule has 0 saturated carbocycles. The van der Waals surface area contributed by atoms with E-state index >= 15 is 0 Å². The number of benzene rings is 1. The Morgan fingerprint density at radius 1 is 1.59 bits per heavy atom. The molecule has 2 rings (SSSR count). The van der Waals surface area contributed by atoms with Crippen molar-refractivity contribution in [2.45, 2.75) is 13.3 Å². The molecular weight excluding hydrogens is 216 g/mol. The number of aryl methyl sites for hydroxylation is 1. The topological polar surface area (TPSA) is 61.4 Å². The molecule has 1 fully saturated rings. The molecule has 1 aliphatic rings. The zero-order chi connectivity index (χ0) is 12.3. The van der Waals surface area contributed by atoms with Gasteiger partial charge in [-0.25, -0.2) is 0 Å². The molecule has 0 spiro atoms. The first-order valence-electron chi connectivity index (χ1n) is 5.96. The lowest BCUT2D eigenvalue weighted by atomic mass is 10.1. The first kappa shape index (κ1) is 11.9. The molecule has 4 nitrogen and oxygen atoms in total. The molecule has 1 aromatic carbocycles. The van der Waals surface area contributed by atoms with Crippen LogP contribution in [0, 0.1) is 12.8 Å². The smallest absolute Gasteiger partial charge is 0.255 e. The molecule has 17 heavy (non-hydrogen) atoms. The van der Waals surface area contributed by atoms with Crippen LogP contribution >= 0.6 is 0 Å². The first-order chi connectivity index (χ1) is 8.18. The molecule has 1 heterocycles. The van der Waals surface area contributed by atoms with Gasteiger partial charge in [0.15, 0.2) is 0 Å². The highest BCUT2D eigenvalue weighted by molar-refractivity contribution is 5.97. The Morgan fingerprint density at radius 2 is 2.41 bits per heavy atom. The van der Waals surface area contributed by atoms with Crippen LogP contribution in [0.1, 0.15) is 22.3 Å². The van der Waals surface area contributed by atoms with E-state index in [4.69, 9.17) is 0 Å². The molecule has 0 aromatic heterocycles. The van der Waals surface area contributed by atoms with Crippen molar-refractivity contribution in [2.24, 2.45) is 5.92 Å². The molecule has 92 valence electrons. The summed E-state index contributed by atoms with van der Waals surface area (Å²) in [5, 5.41) is 15.9. The second kappa shape index (κ2) is 5.19. The number of carbonyl (C=O) groups is 1. The fourth-order valence-corrected chi connectivity index (χ4v) is 2.06. The Bertz CT molecular complexity index is 412. The lowest BCUT2D eigenvalue weighted by Crippen LogP contribution is -2.30. The molecule has 1 unspecified atom stereocenters. The van der Waals surface area contributed by atoms with Crippen molar-refractivity contribution < 1.29 is 9.90 Å². The summed E-state index contributed by atoms with van der Waals surface area (Å²) in [4.78, 5) is 11.9. The fraction of sp³-hybridized carbons (Fsp3) is 0.462. The molecule has 0 bridgehead atoms. The van der Waals surface area contributed by atoms with Crippen LogP contribution in [0.4, 0.5) is 0 Å². The number of amides is 1. The van der Waals surface area contributed by atoms with Crippen molar-refractivity contribution in [3.05, 3.63) is 29.3 Å². The molecule has 1 saturated heterocycles. The summed E-state index contributed by atoms with van der Waals surface area (Å²) in [5.74, 6) is 0.388. The summed E-state index contributed by atoms with van der Waals surface area (Å²) in [6.45, 7) is 4.43. The summed E-state index contributed by atoms with van der Waals surface area (Å²) in [6, 6.07) is 5.21. The van der Waals surface area contributed by atoms with Crippen molar-refractivity contribution in [1.82, 2.24) is 10.6 Å². The average Bonchev–Trinajstić information content (AvgIpc) is 2.82. The van der Waals surface area contributed by atoms with Gasteiger partial charge in [-0.15, -0.1) is 0 Å². The number of aromatic hydroxyl groups is 1. The maximum absolute atomic E-state index is 11.9. The summed E-state index contributed by atoms with van der Waals surface area (Å²) in [6.07, 6.45) is 1.10. The molecule has 1 aliphatic heterocycles. The van der Waals surface area contributed by atoms with E-state index in [-0.39, 0.29) is 11.7 Å². The zero-order valence-electron chi connectivity index (χ0n) is 9.99. The largest absolute Gasteiger partial charge is 0.507 e. The Morgan fingerprint density at radius 3 is 3.12 bits per heavy atom. The van der Waals surface area contributed by atoms with Gasteiger partial charge in [0.1, 0.15) is 5.75 Å². The number of para-hydroxylation sites is 1. The van der Waals surface area contributed by atoms with Crippen LogP contribution in [0.3, 0.4) is 0 Å². The van der Waals surface area contributed by atoms with Crippen molar-refractivity contribution in [3.8, 4) is 5.75 Å². The minimum atomic E-state index is -0.196. The Labute approximate surface area is 101 Å². The monoisotopic (exact) mass is 234 g/mol. The van der Waals surface area contributed by atoms with Gasteiger partial charge in [-0.2, -0.15) is 0 Å². The summed E-state index contributed by atoms with van der Waals surface area (Å²) in [5.41, 5.74) is 1.08. The van der Waals surface area contributed by atoms with Crippen LogP contribution in [-0.2, 0) is 0 Å². The van der Waals surface area contributed by atoms with Crippen LogP contribution in [0.2, 0.25) is 0 Å². The summed E-state index contributed by atoms with van der Waals surface area (Å²) < 4.78 is 0. The zero-order valence-corrected chi connectivity index (χ0v) is 9.99. The van der Waals surface area contributed by atoms with Crippen LogP contribution in [0.15, 0.2) is 18.2 Å². The van der Waals surface area contributed by atoms with Crippen molar-refractivity contribution in [1.29, 1.82) is 0 Å². The highest BCUT2D eigenvalue weighted by Gasteiger charge is 2.17. The minimum Gasteiger partial charge on any atom is -0.507 e. The maximum atomic E-state index is 11.9. The number of hydrogen-bond donors (Lipinski definition) is 3. The van der Waals surface area contributed by atoms with Gasteiger partial charge >= 0.3 is 0 Å². The van der Waals surface area contributed by atoms with E-state index in [2.05, 4.69) is 10.6 Å². The van der Waals surface area contributed by atoms with Crippen LogP contribution in [0.25, 0.3) is 0 Å². The number of carbonyl (C=O) groups excluding carboxylic acids is 1. The van der Waals surface area contributed by atoms with E-state index < -0.39 is 0 Å². The van der Waals surface area contributed by atoms with Crippen molar-refractivity contribution in [2.75, 3.05) is 19.6 Å². The van der Waals surface area contributed by atoms with Gasteiger partial charge in [0.05, 0.1) is 5.56 Å². The van der Waals surface area contributed by atoms with E-state index in [0.29, 0.717) is 18.0 Å². The lowest BCUT2D eigenvalue weighted by molar-refractivity contribution is 0.0945. The predicted molar refractivity (Wildman–Crippen MR) is 66.2 cm³/mol. The number of phenolic OH excluding ortho intramolecular Hbond substituents is 1. The second-order valence-electron chi connectivity index (χ2n) is 4.54. The molecule has 1 amide bonds. The standard InChI is InChI=1S/C13H18N2O2/c1-9-3-2-4-11(12(9)16)13(17)15-8-10-5-6-14-7-10/h2-4,10,14,16H,5-8H2,1H3,(H,15,17). The third-order valence-electron chi connectivity index (χ3n) is 3.20. The normalized spacial score (nSPS) is 19.2. The van der Waals surface area contributed by atoms with Gasteiger partial charge in [-0.05, 0) is 44.0 Å². The third-order valence-corrected chi connectivity index (χ3v) is 3.20. The highest BCUT2D eigenvalue weighted by atomic mass is 16.3. The van der Waals surface area contributed by atoms with E-state index in [1.807, 2.05) is 0 Å². The van der Waals surface area contributed by atoms with Crippen molar-refractivity contribution >= 4 is 5.91 Å². The number of rotatable bonds is 3. The predicted octanol–water partition coefficient (Wildman–Crippen LogP) is 1.04. The van der Waals surface area contributed by atoms with Gasteiger partial charge in [0, 0.05) is 6.54 Å². The van der Waals surface area contributed by atoms with Gasteiger partial charge < -0.3 is 15.7 Å². The van der Waals surface area contributed by atoms with Gasteiger partial charge in [-0.3, -0.25) is 4.79 Å². The Balaban J connectivity index is 1.97. The fourth-order valence-electron chi connectivity index (χ4n) is 2.06. The summed E-state index contributed by atoms with van der Waals surface area (Å²) >= 11 is 0. The number of phenols is 1. The first-order valence-corrected chi connectivity index (χ1v) is 5.96. The number of hydrogen-bond acceptors (Lipinski definition) is 3. The highest BCUT2D eigenvalue weighted by Crippen LogP contribution is 2.21. The second-order valence-corrected chi connectivity index (χ2v) is 4.54. The minimum absolute atomic E-state index is 0.0783. The quantitative estimate of drug-likeness (QED) is 0.732. The lowest BCUT2D eigenvalue weighted by Gasteiger charge is -2.11. The van der Waals surface area contributed by atoms with E-state index in [1.165, 1.54) is 0 Å². The van der Waals surface area contributed by atoms with Gasteiger partial charge in [0.2, 0.25) is 0 Å². The molecule has 3 N–H and O–H groups in total. The third kappa shape index (κ3) is 2.77. The van der Waals surface area contributed by atoms with Crippen LogP contribution in [0.5, 0.6) is 5.75 Å². The van der Waals surface area contributed by atoms with Gasteiger partial charge in [0.25, 0.3) is 5.91 Å². The molecule has 1 atom stereocenters. The molecule has 4 heteroatoms. The molecule has 1 aromatic rings.